The van der Waals surface area contributed by atoms with Crippen LogP contribution in [0.1, 0.15) is 10.4 Å². The molecule has 1 heterocycles. The Bertz CT molecular complexity index is 676. The van der Waals surface area contributed by atoms with Crippen molar-refractivity contribution in [3.63, 3.8) is 0 Å². The molecular weight excluding hydrogens is 315 g/mol. The third-order valence-electron chi connectivity index (χ3n) is 2.40. The highest BCUT2D eigenvalue weighted by atomic mass is 35.5. The highest BCUT2D eigenvalue weighted by Crippen LogP contribution is 2.39. The number of carboxylic acids is 1. The molecule has 2 rings (SSSR count). The normalized spacial score (nSPS) is 10.5. The van der Waals surface area contributed by atoms with Crippen LogP contribution in [0.5, 0.6) is 0 Å². The van der Waals surface area contributed by atoms with E-state index in [1.165, 1.54) is 12.1 Å². The van der Waals surface area contributed by atoms with E-state index in [2.05, 4.69) is 4.98 Å². The van der Waals surface area contributed by atoms with Crippen LogP contribution >= 0.6 is 34.8 Å². The maximum Gasteiger partial charge on any atom is 0.338 e. The monoisotopic (exact) mass is 319 g/mol. The predicted molar refractivity (Wildman–Crippen MR) is 71.6 cm³/mol. The standard InChI is InChI=1S/C12H5Cl3FNO2/c13-6-1-2-7(14)9(15)8(6)11-10(16)5(12(18)19)3-4-17-11/h1-4H,(H,18,19). The molecule has 0 amide bonds. The van der Waals surface area contributed by atoms with Crippen LogP contribution in [0.2, 0.25) is 15.1 Å². The first kappa shape index (κ1) is 14.1. The molecule has 0 aliphatic rings. The lowest BCUT2D eigenvalue weighted by Crippen LogP contribution is -2.03. The fourth-order valence-electron chi connectivity index (χ4n) is 1.53. The minimum absolute atomic E-state index is 0.0168. The Morgan fingerprint density at radius 1 is 1.16 bits per heavy atom. The van der Waals surface area contributed by atoms with Gasteiger partial charge in [-0.05, 0) is 18.2 Å². The van der Waals surface area contributed by atoms with Crippen molar-refractivity contribution in [1.29, 1.82) is 0 Å². The molecule has 2 aromatic rings. The number of aromatic carboxylic acids is 1. The Balaban J connectivity index is 2.77. The van der Waals surface area contributed by atoms with Crippen molar-refractivity contribution in [3.8, 4) is 11.3 Å². The Morgan fingerprint density at radius 2 is 1.79 bits per heavy atom. The largest absolute Gasteiger partial charge is 0.478 e. The molecule has 0 spiro atoms. The van der Waals surface area contributed by atoms with Crippen LogP contribution in [0.3, 0.4) is 0 Å². The van der Waals surface area contributed by atoms with Gasteiger partial charge in [-0.3, -0.25) is 4.98 Å². The Kier molecular flexibility index (Phi) is 3.94. The number of benzene rings is 1. The number of carboxylic acid groups (broad SMARTS) is 1. The topological polar surface area (TPSA) is 50.2 Å². The Labute approximate surface area is 122 Å². The molecule has 0 unspecified atom stereocenters. The molecule has 0 saturated carbocycles. The van der Waals surface area contributed by atoms with E-state index < -0.39 is 17.3 Å². The molecule has 0 bridgehead atoms. The van der Waals surface area contributed by atoms with Gasteiger partial charge >= 0.3 is 5.97 Å². The summed E-state index contributed by atoms with van der Waals surface area (Å²) in [6, 6.07) is 3.93. The van der Waals surface area contributed by atoms with Crippen LogP contribution in [0.4, 0.5) is 4.39 Å². The fourth-order valence-corrected chi connectivity index (χ4v) is 2.23. The van der Waals surface area contributed by atoms with E-state index >= 15 is 0 Å². The van der Waals surface area contributed by atoms with Gasteiger partial charge in [-0.25, -0.2) is 9.18 Å². The highest BCUT2D eigenvalue weighted by Gasteiger charge is 2.21. The zero-order valence-electron chi connectivity index (χ0n) is 9.12. The summed E-state index contributed by atoms with van der Waals surface area (Å²) in [5.74, 6) is -2.42. The van der Waals surface area contributed by atoms with Crippen molar-refractivity contribution in [1.82, 2.24) is 4.98 Å². The van der Waals surface area contributed by atoms with E-state index in [4.69, 9.17) is 39.9 Å². The summed E-state index contributed by atoms with van der Waals surface area (Å²) in [5, 5.41) is 9.18. The second kappa shape index (κ2) is 5.33. The molecule has 1 aromatic carbocycles. The minimum Gasteiger partial charge on any atom is -0.478 e. The second-order valence-electron chi connectivity index (χ2n) is 3.54. The Morgan fingerprint density at radius 3 is 2.42 bits per heavy atom. The van der Waals surface area contributed by atoms with Gasteiger partial charge in [0, 0.05) is 11.8 Å². The SMILES string of the molecule is O=C(O)c1ccnc(-c2c(Cl)ccc(Cl)c2Cl)c1F. The van der Waals surface area contributed by atoms with Gasteiger partial charge in [-0.15, -0.1) is 0 Å². The number of pyridine rings is 1. The maximum atomic E-state index is 14.1. The molecule has 0 radical (unpaired) electrons. The van der Waals surface area contributed by atoms with Gasteiger partial charge in [-0.1, -0.05) is 34.8 Å². The van der Waals surface area contributed by atoms with Gasteiger partial charge in [0.05, 0.1) is 20.6 Å². The molecule has 1 N–H and O–H groups in total. The van der Waals surface area contributed by atoms with Crippen molar-refractivity contribution in [2.75, 3.05) is 0 Å². The number of halogens is 4. The van der Waals surface area contributed by atoms with E-state index in [0.29, 0.717) is 0 Å². The number of hydrogen-bond donors (Lipinski definition) is 1. The lowest BCUT2D eigenvalue weighted by atomic mass is 10.1. The zero-order valence-corrected chi connectivity index (χ0v) is 11.4. The first-order valence-electron chi connectivity index (χ1n) is 4.95. The lowest BCUT2D eigenvalue weighted by Gasteiger charge is -2.09. The van der Waals surface area contributed by atoms with Gasteiger partial charge in [0.2, 0.25) is 0 Å². The average Bonchev–Trinajstić information content (AvgIpc) is 2.36. The number of rotatable bonds is 2. The van der Waals surface area contributed by atoms with Gasteiger partial charge in [0.25, 0.3) is 0 Å². The fraction of sp³-hybridized carbons (Fsp3) is 0. The number of nitrogens with zero attached hydrogens (tertiary/aromatic N) is 1. The molecule has 0 aliphatic carbocycles. The van der Waals surface area contributed by atoms with E-state index in [0.717, 1.165) is 12.3 Å². The molecule has 19 heavy (non-hydrogen) atoms. The third kappa shape index (κ3) is 2.52. The summed E-state index contributed by atoms with van der Waals surface area (Å²) in [6.45, 7) is 0. The van der Waals surface area contributed by atoms with Crippen molar-refractivity contribution in [2.45, 2.75) is 0 Å². The summed E-state index contributed by atoms with van der Waals surface area (Å²) in [6.07, 6.45) is 1.16. The summed E-state index contributed by atoms with van der Waals surface area (Å²) >= 11 is 17.7. The average molecular weight is 321 g/mol. The minimum atomic E-state index is -1.41. The molecular formula is C12H5Cl3FNO2. The molecule has 3 nitrogen and oxygen atoms in total. The molecule has 0 saturated heterocycles. The summed E-state index contributed by atoms with van der Waals surface area (Å²) < 4.78 is 14.1. The zero-order chi connectivity index (χ0) is 14.2. The number of hydrogen-bond acceptors (Lipinski definition) is 2. The van der Waals surface area contributed by atoms with Crippen molar-refractivity contribution in [2.24, 2.45) is 0 Å². The lowest BCUT2D eigenvalue weighted by molar-refractivity contribution is 0.0692. The van der Waals surface area contributed by atoms with Crippen LogP contribution in [-0.4, -0.2) is 16.1 Å². The second-order valence-corrected chi connectivity index (χ2v) is 4.74. The van der Waals surface area contributed by atoms with Crippen LogP contribution in [0, 0.1) is 5.82 Å². The van der Waals surface area contributed by atoms with Crippen molar-refractivity contribution < 1.29 is 14.3 Å². The van der Waals surface area contributed by atoms with Gasteiger partial charge < -0.3 is 5.11 Å². The number of aromatic nitrogens is 1. The van der Waals surface area contributed by atoms with Gasteiger partial charge in [0.1, 0.15) is 5.69 Å². The van der Waals surface area contributed by atoms with Crippen LogP contribution < -0.4 is 0 Å². The first-order valence-corrected chi connectivity index (χ1v) is 6.08. The molecule has 0 atom stereocenters. The summed E-state index contributed by atoms with van der Waals surface area (Å²) in [5.41, 5.74) is -0.703. The molecule has 0 aliphatic heterocycles. The van der Waals surface area contributed by atoms with Crippen molar-refractivity contribution >= 4 is 40.8 Å². The van der Waals surface area contributed by atoms with E-state index in [-0.39, 0.29) is 26.3 Å². The first-order chi connectivity index (χ1) is 8.93. The van der Waals surface area contributed by atoms with Gasteiger partial charge in [-0.2, -0.15) is 0 Å². The Hall–Kier alpha value is -1.36. The molecule has 1 aromatic heterocycles. The van der Waals surface area contributed by atoms with Crippen molar-refractivity contribution in [3.05, 3.63) is 50.8 Å². The molecule has 7 heteroatoms. The predicted octanol–water partition coefficient (Wildman–Crippen LogP) is 4.55. The summed E-state index contributed by atoms with van der Waals surface area (Å²) in [7, 11) is 0. The maximum absolute atomic E-state index is 14.1. The van der Waals surface area contributed by atoms with Crippen LogP contribution in [-0.2, 0) is 0 Å². The van der Waals surface area contributed by atoms with E-state index in [1.54, 1.807) is 0 Å². The number of carbonyl (C=O) groups is 1. The molecule has 98 valence electrons. The quantitative estimate of drug-likeness (QED) is 0.826. The van der Waals surface area contributed by atoms with Gasteiger partial charge in [0.15, 0.2) is 5.82 Å². The molecule has 0 fully saturated rings. The van der Waals surface area contributed by atoms with E-state index in [1.807, 2.05) is 0 Å². The highest BCUT2D eigenvalue weighted by molar-refractivity contribution is 6.46. The third-order valence-corrected chi connectivity index (χ3v) is 3.52. The van der Waals surface area contributed by atoms with E-state index in [9.17, 15) is 9.18 Å². The van der Waals surface area contributed by atoms with Crippen LogP contribution in [0.15, 0.2) is 24.4 Å². The smallest absolute Gasteiger partial charge is 0.338 e. The summed E-state index contributed by atoms with van der Waals surface area (Å²) in [4.78, 5) is 14.7. The van der Waals surface area contributed by atoms with Crippen LogP contribution in [0.25, 0.3) is 11.3 Å².